The zero-order chi connectivity index (χ0) is 9.80. The van der Waals surface area contributed by atoms with E-state index in [1.54, 1.807) is 0 Å². The van der Waals surface area contributed by atoms with E-state index in [9.17, 15) is 0 Å². The van der Waals surface area contributed by atoms with Crippen molar-refractivity contribution in [3.8, 4) is 0 Å². The van der Waals surface area contributed by atoms with Gasteiger partial charge < -0.3 is 14.2 Å². The van der Waals surface area contributed by atoms with Crippen LogP contribution in [0, 0.1) is 5.92 Å². The van der Waals surface area contributed by atoms with Gasteiger partial charge in [-0.25, -0.2) is 0 Å². The largest absolute Gasteiger partial charge is 0.381 e. The highest BCUT2D eigenvalue weighted by Gasteiger charge is 2.27. The van der Waals surface area contributed by atoms with Crippen molar-refractivity contribution in [2.75, 3.05) is 33.0 Å². The molecule has 2 atom stereocenters. The van der Waals surface area contributed by atoms with E-state index in [1.165, 1.54) is 0 Å². The minimum absolute atomic E-state index is 0.318. The van der Waals surface area contributed by atoms with Crippen molar-refractivity contribution in [2.24, 2.45) is 5.92 Å². The summed E-state index contributed by atoms with van der Waals surface area (Å²) in [5, 5.41) is 0. The van der Waals surface area contributed by atoms with Crippen molar-refractivity contribution in [3.63, 3.8) is 0 Å². The van der Waals surface area contributed by atoms with Gasteiger partial charge in [0.1, 0.15) is 0 Å². The molecule has 0 aromatic carbocycles. The van der Waals surface area contributed by atoms with Crippen LogP contribution in [0.1, 0.15) is 12.8 Å². The molecule has 2 unspecified atom stereocenters. The van der Waals surface area contributed by atoms with Gasteiger partial charge in [0.2, 0.25) is 0 Å². The molecular formula is C10H17IO3. The van der Waals surface area contributed by atoms with Gasteiger partial charge in [0, 0.05) is 13.2 Å². The summed E-state index contributed by atoms with van der Waals surface area (Å²) in [6.07, 6.45) is 2.62. The molecule has 0 amide bonds. The second-order valence-corrected chi connectivity index (χ2v) is 5.58. The standard InChI is InChI=1S/C10H17IO3/c11-9-6-13-7-10(9)14-5-8-1-3-12-4-2-8/h8-10H,1-7H2. The van der Waals surface area contributed by atoms with E-state index in [4.69, 9.17) is 14.2 Å². The van der Waals surface area contributed by atoms with Crippen LogP contribution in [0.15, 0.2) is 0 Å². The molecule has 14 heavy (non-hydrogen) atoms. The van der Waals surface area contributed by atoms with Gasteiger partial charge >= 0.3 is 0 Å². The first-order valence-electron chi connectivity index (χ1n) is 5.27. The van der Waals surface area contributed by atoms with Crippen LogP contribution < -0.4 is 0 Å². The summed E-state index contributed by atoms with van der Waals surface area (Å²) < 4.78 is 17.1. The van der Waals surface area contributed by atoms with Crippen molar-refractivity contribution >= 4 is 22.6 Å². The lowest BCUT2D eigenvalue weighted by Gasteiger charge is -2.23. The first-order valence-corrected chi connectivity index (χ1v) is 6.52. The lowest BCUT2D eigenvalue weighted by atomic mass is 10.0. The first-order chi connectivity index (χ1) is 6.86. The predicted octanol–water partition coefficient (Wildman–Crippen LogP) is 1.63. The van der Waals surface area contributed by atoms with E-state index in [0.29, 0.717) is 15.9 Å². The van der Waals surface area contributed by atoms with E-state index in [2.05, 4.69) is 22.6 Å². The van der Waals surface area contributed by atoms with Crippen molar-refractivity contribution in [2.45, 2.75) is 22.9 Å². The number of alkyl halides is 1. The third-order valence-corrected chi connectivity index (χ3v) is 4.01. The lowest BCUT2D eigenvalue weighted by Crippen LogP contribution is -2.27. The molecule has 0 radical (unpaired) electrons. The molecule has 3 nitrogen and oxygen atoms in total. The third kappa shape index (κ3) is 3.05. The highest BCUT2D eigenvalue weighted by Crippen LogP contribution is 2.21. The van der Waals surface area contributed by atoms with Crippen molar-refractivity contribution in [1.29, 1.82) is 0 Å². The van der Waals surface area contributed by atoms with Gasteiger partial charge in [-0.2, -0.15) is 0 Å². The van der Waals surface area contributed by atoms with Crippen LogP contribution in [0.25, 0.3) is 0 Å². The monoisotopic (exact) mass is 312 g/mol. The van der Waals surface area contributed by atoms with Gasteiger partial charge in [0.15, 0.2) is 0 Å². The summed E-state index contributed by atoms with van der Waals surface area (Å²) >= 11 is 2.41. The molecule has 0 bridgehead atoms. The summed E-state index contributed by atoms with van der Waals surface area (Å²) in [5.74, 6) is 0.702. The van der Waals surface area contributed by atoms with Crippen LogP contribution in [-0.4, -0.2) is 43.1 Å². The molecule has 0 aromatic heterocycles. The second-order valence-electron chi connectivity index (χ2n) is 3.98. The molecule has 0 saturated carbocycles. The van der Waals surface area contributed by atoms with Crippen molar-refractivity contribution in [1.82, 2.24) is 0 Å². The maximum absolute atomic E-state index is 5.87. The molecule has 2 fully saturated rings. The molecule has 0 aliphatic carbocycles. The Morgan fingerprint density at radius 2 is 1.93 bits per heavy atom. The Bertz CT molecular complexity index is 171. The average molecular weight is 312 g/mol. The number of halogens is 1. The van der Waals surface area contributed by atoms with Crippen LogP contribution >= 0.6 is 22.6 Å². The van der Waals surface area contributed by atoms with Gasteiger partial charge in [0.05, 0.1) is 29.8 Å². The minimum atomic E-state index is 0.318. The molecule has 2 aliphatic heterocycles. The number of hydrogen-bond donors (Lipinski definition) is 0. The van der Waals surface area contributed by atoms with Crippen LogP contribution in [0.2, 0.25) is 0 Å². The molecule has 2 rings (SSSR count). The lowest BCUT2D eigenvalue weighted by molar-refractivity contribution is -0.0113. The normalized spacial score (nSPS) is 34.9. The second kappa shape index (κ2) is 5.63. The van der Waals surface area contributed by atoms with Crippen LogP contribution in [-0.2, 0) is 14.2 Å². The van der Waals surface area contributed by atoms with Gasteiger partial charge in [-0.05, 0) is 18.8 Å². The van der Waals surface area contributed by atoms with Crippen molar-refractivity contribution in [3.05, 3.63) is 0 Å². The molecule has 2 aliphatic rings. The molecule has 4 heteroatoms. The molecule has 2 heterocycles. The smallest absolute Gasteiger partial charge is 0.0948 e. The molecule has 2 saturated heterocycles. The zero-order valence-corrected chi connectivity index (χ0v) is 10.4. The van der Waals surface area contributed by atoms with Crippen LogP contribution in [0.3, 0.4) is 0 Å². The van der Waals surface area contributed by atoms with E-state index >= 15 is 0 Å². The Balaban J connectivity index is 1.65. The van der Waals surface area contributed by atoms with E-state index in [-0.39, 0.29) is 0 Å². The Labute approximate surface area is 98.6 Å². The Hall–Kier alpha value is 0.610. The fraction of sp³-hybridized carbons (Fsp3) is 1.00. The molecule has 0 N–H and O–H groups in total. The topological polar surface area (TPSA) is 27.7 Å². The Morgan fingerprint density at radius 1 is 1.14 bits per heavy atom. The molecular weight excluding hydrogens is 295 g/mol. The first kappa shape index (κ1) is 11.1. The van der Waals surface area contributed by atoms with Gasteiger partial charge in [0.25, 0.3) is 0 Å². The third-order valence-electron chi connectivity index (χ3n) is 2.85. The Kier molecular flexibility index (Phi) is 4.46. The molecule has 0 aromatic rings. The summed E-state index contributed by atoms with van der Waals surface area (Å²) in [4.78, 5) is 0. The number of rotatable bonds is 3. The zero-order valence-electron chi connectivity index (χ0n) is 8.28. The van der Waals surface area contributed by atoms with E-state index in [1.807, 2.05) is 0 Å². The Morgan fingerprint density at radius 3 is 2.57 bits per heavy atom. The predicted molar refractivity (Wildman–Crippen MR) is 61.9 cm³/mol. The highest BCUT2D eigenvalue weighted by molar-refractivity contribution is 14.1. The fourth-order valence-corrected chi connectivity index (χ4v) is 2.50. The van der Waals surface area contributed by atoms with Crippen LogP contribution in [0.4, 0.5) is 0 Å². The van der Waals surface area contributed by atoms with E-state index < -0.39 is 0 Å². The number of ether oxygens (including phenoxy) is 3. The molecule has 0 spiro atoms. The van der Waals surface area contributed by atoms with Gasteiger partial charge in [-0.15, -0.1) is 0 Å². The van der Waals surface area contributed by atoms with Gasteiger partial charge in [-0.1, -0.05) is 22.6 Å². The molecule has 82 valence electrons. The van der Waals surface area contributed by atoms with E-state index in [0.717, 1.165) is 45.9 Å². The maximum atomic E-state index is 5.87. The summed E-state index contributed by atoms with van der Waals surface area (Å²) in [5.41, 5.74) is 0. The quantitative estimate of drug-likeness (QED) is 0.586. The number of hydrogen-bond acceptors (Lipinski definition) is 3. The highest BCUT2D eigenvalue weighted by atomic mass is 127. The summed E-state index contributed by atoms with van der Waals surface area (Å²) in [6.45, 7) is 4.32. The SMILES string of the molecule is IC1COCC1OCC1CCOCC1. The summed E-state index contributed by atoms with van der Waals surface area (Å²) in [7, 11) is 0. The van der Waals surface area contributed by atoms with Crippen molar-refractivity contribution < 1.29 is 14.2 Å². The minimum Gasteiger partial charge on any atom is -0.381 e. The summed E-state index contributed by atoms with van der Waals surface area (Å²) in [6, 6.07) is 0. The average Bonchev–Trinajstić information content (AvgIpc) is 2.63. The van der Waals surface area contributed by atoms with Gasteiger partial charge in [-0.3, -0.25) is 0 Å². The maximum Gasteiger partial charge on any atom is 0.0948 e. The van der Waals surface area contributed by atoms with Crippen LogP contribution in [0.5, 0.6) is 0 Å². The fourth-order valence-electron chi connectivity index (χ4n) is 1.83.